The second-order valence-electron chi connectivity index (χ2n) is 6.09. The zero-order chi connectivity index (χ0) is 16.0. The van der Waals surface area contributed by atoms with E-state index in [4.69, 9.17) is 4.74 Å². The number of fused-ring (bicyclic) bond motifs is 2. The average Bonchev–Trinajstić information content (AvgIpc) is 3.34. The summed E-state index contributed by atoms with van der Waals surface area (Å²) in [6.45, 7) is 0. The highest BCUT2D eigenvalue weighted by Crippen LogP contribution is 2.61. The van der Waals surface area contributed by atoms with Crippen LogP contribution in [-0.4, -0.2) is 18.6 Å². The molecule has 2 aromatic rings. The van der Waals surface area contributed by atoms with Crippen molar-refractivity contribution in [2.45, 2.75) is 18.1 Å². The van der Waals surface area contributed by atoms with Gasteiger partial charge in [-0.2, -0.15) is 4.91 Å². The summed E-state index contributed by atoms with van der Waals surface area (Å²) in [6, 6.07) is 16.2. The Morgan fingerprint density at radius 1 is 1.17 bits per heavy atom. The first-order valence-electron chi connectivity index (χ1n) is 7.61. The van der Waals surface area contributed by atoms with Crippen LogP contribution in [0.4, 0.5) is 5.69 Å². The van der Waals surface area contributed by atoms with Crippen molar-refractivity contribution in [3.63, 3.8) is 0 Å². The van der Waals surface area contributed by atoms with Gasteiger partial charge in [-0.1, -0.05) is 41.6 Å². The van der Waals surface area contributed by atoms with Crippen molar-refractivity contribution in [3.8, 4) is 5.75 Å². The molecule has 3 atom stereocenters. The van der Waals surface area contributed by atoms with E-state index >= 15 is 0 Å². The maximum Gasteiger partial charge on any atom is 0.271 e. The first-order valence-corrected chi connectivity index (χ1v) is 7.61. The Balaban J connectivity index is 1.68. The van der Waals surface area contributed by atoms with Crippen LogP contribution in [0.1, 0.15) is 18.0 Å². The number of carbonyl (C=O) groups is 1. The van der Waals surface area contributed by atoms with Crippen molar-refractivity contribution in [2.24, 2.45) is 11.1 Å². The van der Waals surface area contributed by atoms with Crippen LogP contribution in [0.3, 0.4) is 0 Å². The van der Waals surface area contributed by atoms with E-state index in [9.17, 15) is 9.70 Å². The van der Waals surface area contributed by atoms with Crippen molar-refractivity contribution in [2.75, 3.05) is 11.9 Å². The lowest BCUT2D eigenvalue weighted by atomic mass is 9.96. The zero-order valence-electron chi connectivity index (χ0n) is 12.7. The summed E-state index contributed by atoms with van der Waals surface area (Å²) in [6.07, 6.45) is 0.522. The Morgan fingerprint density at radius 3 is 2.61 bits per heavy atom. The van der Waals surface area contributed by atoms with Crippen LogP contribution in [0.2, 0.25) is 0 Å². The van der Waals surface area contributed by atoms with Crippen LogP contribution in [0.25, 0.3) is 0 Å². The molecule has 1 amide bonds. The van der Waals surface area contributed by atoms with Gasteiger partial charge >= 0.3 is 0 Å². The molecule has 23 heavy (non-hydrogen) atoms. The summed E-state index contributed by atoms with van der Waals surface area (Å²) in [7, 11) is 1.73. The molecule has 1 aliphatic heterocycles. The number of para-hydroxylation sites is 2. The number of benzene rings is 2. The van der Waals surface area contributed by atoms with E-state index < -0.39 is 11.6 Å². The molecule has 1 heterocycles. The Bertz CT molecular complexity index is 777. The van der Waals surface area contributed by atoms with E-state index in [0.717, 1.165) is 11.3 Å². The van der Waals surface area contributed by atoms with E-state index in [1.54, 1.807) is 18.0 Å². The van der Waals surface area contributed by atoms with Gasteiger partial charge in [-0.3, -0.25) is 4.79 Å². The van der Waals surface area contributed by atoms with Crippen LogP contribution >= 0.6 is 0 Å². The maximum absolute atomic E-state index is 13.0. The van der Waals surface area contributed by atoms with Gasteiger partial charge in [0.05, 0.1) is 0 Å². The minimum Gasteiger partial charge on any atom is -0.477 e. The number of ether oxygens (including phenoxy) is 1. The van der Waals surface area contributed by atoms with Crippen LogP contribution in [0.5, 0.6) is 5.75 Å². The number of nitrogens with zero attached hydrogens (tertiary/aromatic N) is 2. The van der Waals surface area contributed by atoms with Gasteiger partial charge in [0.25, 0.3) is 5.91 Å². The predicted octanol–water partition coefficient (Wildman–Crippen LogP) is 3.31. The fraction of sp³-hybridized carbons (Fsp3) is 0.278. The summed E-state index contributed by atoms with van der Waals surface area (Å²) >= 11 is 0. The molecule has 0 bridgehead atoms. The first kappa shape index (κ1) is 13.9. The van der Waals surface area contributed by atoms with Gasteiger partial charge in [0.15, 0.2) is 5.60 Å². The molecule has 0 radical (unpaired) electrons. The smallest absolute Gasteiger partial charge is 0.271 e. The fourth-order valence-electron chi connectivity index (χ4n) is 3.46. The maximum atomic E-state index is 13.0. The predicted molar refractivity (Wildman–Crippen MR) is 86.3 cm³/mol. The van der Waals surface area contributed by atoms with Crippen LogP contribution in [0, 0.1) is 10.8 Å². The molecule has 116 valence electrons. The van der Waals surface area contributed by atoms with Gasteiger partial charge < -0.3 is 9.64 Å². The van der Waals surface area contributed by atoms with E-state index in [-0.39, 0.29) is 11.8 Å². The third-order valence-electron chi connectivity index (χ3n) is 4.80. The largest absolute Gasteiger partial charge is 0.477 e. The summed E-state index contributed by atoms with van der Waals surface area (Å²) < 4.78 is 6.04. The molecule has 4 rings (SSSR count). The summed E-state index contributed by atoms with van der Waals surface area (Å²) in [4.78, 5) is 25.9. The van der Waals surface area contributed by atoms with Crippen molar-refractivity contribution >= 4 is 11.6 Å². The normalized spacial score (nSPS) is 27.2. The lowest BCUT2D eigenvalue weighted by Gasteiger charge is -2.30. The Kier molecular flexibility index (Phi) is 2.98. The minimum atomic E-state index is -0.961. The second kappa shape index (κ2) is 4.91. The number of hydrogen-bond donors (Lipinski definition) is 0. The SMILES string of the molecule is CN(C(=O)C12CC1C(N=O)c1ccccc1O2)c1ccccc1. The highest BCUT2D eigenvalue weighted by Gasteiger charge is 2.70. The quantitative estimate of drug-likeness (QED) is 0.817. The molecule has 1 fully saturated rings. The number of nitroso groups, excluding NO2 is 1. The number of likely N-dealkylation sites (N-methyl/N-ethyl adjacent to an activating group) is 1. The van der Waals surface area contributed by atoms with Crippen LogP contribution in [-0.2, 0) is 4.79 Å². The van der Waals surface area contributed by atoms with Gasteiger partial charge in [0.2, 0.25) is 0 Å². The highest BCUT2D eigenvalue weighted by molar-refractivity contribution is 6.02. The number of rotatable bonds is 3. The molecule has 0 aromatic heterocycles. The molecular weight excluding hydrogens is 292 g/mol. The molecule has 0 N–H and O–H groups in total. The number of anilines is 1. The highest BCUT2D eigenvalue weighted by atomic mass is 16.5. The third-order valence-corrected chi connectivity index (χ3v) is 4.80. The Morgan fingerprint density at radius 2 is 1.87 bits per heavy atom. The Labute approximate surface area is 133 Å². The van der Waals surface area contributed by atoms with E-state index in [1.807, 2.05) is 48.5 Å². The van der Waals surface area contributed by atoms with Crippen LogP contribution < -0.4 is 9.64 Å². The lowest BCUT2D eigenvalue weighted by Crippen LogP contribution is -2.45. The lowest BCUT2D eigenvalue weighted by molar-refractivity contribution is -0.128. The molecule has 3 unspecified atom stereocenters. The van der Waals surface area contributed by atoms with Crippen molar-refractivity contribution in [1.82, 2.24) is 0 Å². The molecule has 2 aromatic carbocycles. The van der Waals surface area contributed by atoms with Gasteiger partial charge in [-0.05, 0) is 18.2 Å². The first-order chi connectivity index (χ1) is 11.2. The van der Waals surface area contributed by atoms with Crippen LogP contribution in [0.15, 0.2) is 59.8 Å². The summed E-state index contributed by atoms with van der Waals surface area (Å²) in [5.74, 6) is 0.270. The summed E-state index contributed by atoms with van der Waals surface area (Å²) in [5.41, 5.74) is 0.615. The molecule has 1 saturated carbocycles. The zero-order valence-corrected chi connectivity index (χ0v) is 12.7. The topological polar surface area (TPSA) is 59.0 Å². The number of hydrogen-bond acceptors (Lipinski definition) is 4. The third kappa shape index (κ3) is 1.96. The summed E-state index contributed by atoms with van der Waals surface area (Å²) in [5, 5.41) is 3.27. The monoisotopic (exact) mass is 308 g/mol. The van der Waals surface area contributed by atoms with Gasteiger partial charge in [0, 0.05) is 30.6 Å². The average molecular weight is 308 g/mol. The van der Waals surface area contributed by atoms with E-state index in [1.165, 1.54) is 0 Å². The van der Waals surface area contributed by atoms with Crippen molar-refractivity contribution < 1.29 is 9.53 Å². The van der Waals surface area contributed by atoms with Gasteiger partial charge in [-0.15, -0.1) is 0 Å². The van der Waals surface area contributed by atoms with Gasteiger partial charge in [0.1, 0.15) is 11.8 Å². The van der Waals surface area contributed by atoms with Crippen molar-refractivity contribution in [3.05, 3.63) is 65.1 Å². The van der Waals surface area contributed by atoms with Gasteiger partial charge in [-0.25, -0.2) is 0 Å². The molecule has 0 spiro atoms. The molecule has 0 saturated heterocycles. The Hall–Kier alpha value is -2.69. The molecular formula is C18H16N2O3. The van der Waals surface area contributed by atoms with E-state index in [0.29, 0.717) is 12.2 Å². The number of amides is 1. The van der Waals surface area contributed by atoms with E-state index in [2.05, 4.69) is 5.18 Å². The second-order valence-corrected chi connectivity index (χ2v) is 6.09. The number of carbonyl (C=O) groups excluding carboxylic acids is 1. The van der Waals surface area contributed by atoms with Crippen molar-refractivity contribution in [1.29, 1.82) is 0 Å². The standard InChI is InChI=1S/C18H16N2O3/c1-20(12-7-3-2-4-8-12)17(21)18-11-14(18)16(19-22)13-9-5-6-10-15(13)23-18/h2-10,14,16H,11H2,1H3. The fourth-order valence-corrected chi connectivity index (χ4v) is 3.46. The molecule has 2 aliphatic rings. The minimum absolute atomic E-state index is 0.128. The molecule has 1 aliphatic carbocycles. The molecule has 5 nitrogen and oxygen atoms in total. The molecule has 5 heteroatoms.